The summed E-state index contributed by atoms with van der Waals surface area (Å²) in [5, 5.41) is 0. The van der Waals surface area contributed by atoms with E-state index in [1.165, 1.54) is 19.2 Å². The average molecular weight is 433 g/mol. The predicted octanol–water partition coefficient (Wildman–Crippen LogP) is 2.76. The number of carbonyl (C=O) groups excluding carboxylic acids is 1. The highest BCUT2D eigenvalue weighted by molar-refractivity contribution is 7.89. The molecule has 0 fully saturated rings. The van der Waals surface area contributed by atoms with Gasteiger partial charge in [-0.3, -0.25) is 4.79 Å². The van der Waals surface area contributed by atoms with E-state index in [1.54, 1.807) is 31.0 Å². The number of benzene rings is 2. The van der Waals surface area contributed by atoms with Gasteiger partial charge in [0.15, 0.2) is 0 Å². The van der Waals surface area contributed by atoms with E-state index in [0.29, 0.717) is 24.3 Å². The van der Waals surface area contributed by atoms with Crippen LogP contribution >= 0.6 is 0 Å². The highest BCUT2D eigenvalue weighted by Gasteiger charge is 2.20. The van der Waals surface area contributed by atoms with Crippen molar-refractivity contribution in [1.29, 1.82) is 0 Å². The molecule has 1 N–H and O–H groups in total. The molecule has 0 radical (unpaired) electrons. The largest absolute Gasteiger partial charge is 0.490 e. The Morgan fingerprint density at radius 3 is 2.53 bits per heavy atom. The van der Waals surface area contributed by atoms with Crippen LogP contribution in [-0.2, 0) is 21.3 Å². The third-order valence-electron chi connectivity index (χ3n) is 4.41. The molecule has 0 aliphatic carbocycles. The number of nitrogens with one attached hydrogen (secondary N) is 1. The van der Waals surface area contributed by atoms with Crippen LogP contribution in [0.3, 0.4) is 0 Å². The molecule has 0 aliphatic heterocycles. The van der Waals surface area contributed by atoms with Crippen LogP contribution < -0.4 is 9.46 Å². The molecular weight excluding hydrogens is 404 g/mol. The fourth-order valence-electron chi connectivity index (χ4n) is 2.76. The lowest BCUT2D eigenvalue weighted by atomic mass is 10.1. The molecule has 1 amide bonds. The molecule has 0 unspecified atom stereocenters. The first kappa shape index (κ1) is 23.6. The second kappa shape index (κ2) is 10.9. The van der Waals surface area contributed by atoms with Crippen molar-refractivity contribution in [3.05, 3.63) is 71.8 Å². The molecule has 162 valence electrons. The first-order valence-corrected chi connectivity index (χ1v) is 10.9. The van der Waals surface area contributed by atoms with Crippen molar-refractivity contribution in [1.82, 2.24) is 9.62 Å². The normalized spacial score (nSPS) is 11.2. The topological polar surface area (TPSA) is 84.9 Å². The van der Waals surface area contributed by atoms with Crippen LogP contribution in [0.15, 0.2) is 60.0 Å². The molecule has 0 atom stereocenters. The maximum Gasteiger partial charge on any atom is 0.254 e. The Balaban J connectivity index is 2.14. The SMILES string of the molecule is C=CCOc1ccc(CN(C)C(=O)c2cc(S(=O)(=O)NCCOC)ccc2C)cc1. The van der Waals surface area contributed by atoms with Gasteiger partial charge in [-0.25, -0.2) is 13.1 Å². The zero-order valence-corrected chi connectivity index (χ0v) is 18.4. The van der Waals surface area contributed by atoms with Crippen LogP contribution in [0.4, 0.5) is 0 Å². The lowest BCUT2D eigenvalue weighted by molar-refractivity contribution is 0.0784. The number of carbonyl (C=O) groups is 1. The summed E-state index contributed by atoms with van der Waals surface area (Å²) >= 11 is 0. The molecule has 0 saturated carbocycles. The van der Waals surface area contributed by atoms with Gasteiger partial charge < -0.3 is 14.4 Å². The summed E-state index contributed by atoms with van der Waals surface area (Å²) in [6, 6.07) is 12.0. The minimum Gasteiger partial charge on any atom is -0.490 e. The number of rotatable bonds is 11. The molecule has 0 saturated heterocycles. The van der Waals surface area contributed by atoms with E-state index in [4.69, 9.17) is 9.47 Å². The van der Waals surface area contributed by atoms with Gasteiger partial charge >= 0.3 is 0 Å². The number of hydrogen-bond acceptors (Lipinski definition) is 5. The summed E-state index contributed by atoms with van der Waals surface area (Å²) in [6.45, 7) is 6.61. The van der Waals surface area contributed by atoms with Crippen LogP contribution in [0.5, 0.6) is 5.75 Å². The van der Waals surface area contributed by atoms with Crippen LogP contribution in [0.25, 0.3) is 0 Å². The Labute approximate surface area is 178 Å². The van der Waals surface area contributed by atoms with E-state index in [0.717, 1.165) is 11.3 Å². The maximum absolute atomic E-state index is 13.0. The average Bonchev–Trinajstić information content (AvgIpc) is 2.73. The number of amides is 1. The van der Waals surface area contributed by atoms with E-state index in [2.05, 4.69) is 11.3 Å². The summed E-state index contributed by atoms with van der Waals surface area (Å²) in [7, 11) is -0.547. The minimum atomic E-state index is -3.72. The van der Waals surface area contributed by atoms with Crippen LogP contribution in [0.1, 0.15) is 21.5 Å². The zero-order chi connectivity index (χ0) is 22.1. The Bertz CT molecular complexity index is 972. The van der Waals surface area contributed by atoms with Crippen molar-refractivity contribution in [3.63, 3.8) is 0 Å². The summed E-state index contributed by atoms with van der Waals surface area (Å²) in [5.74, 6) is 0.468. The highest BCUT2D eigenvalue weighted by Crippen LogP contribution is 2.19. The van der Waals surface area contributed by atoms with Gasteiger partial charge in [-0.05, 0) is 42.3 Å². The first-order chi connectivity index (χ1) is 14.3. The van der Waals surface area contributed by atoms with Crippen molar-refractivity contribution < 1.29 is 22.7 Å². The molecular formula is C22H28N2O5S. The Morgan fingerprint density at radius 2 is 1.90 bits per heavy atom. The van der Waals surface area contributed by atoms with Crippen molar-refractivity contribution in [3.8, 4) is 5.75 Å². The maximum atomic E-state index is 13.0. The van der Waals surface area contributed by atoms with Gasteiger partial charge in [0.25, 0.3) is 5.91 Å². The summed E-state index contributed by atoms with van der Waals surface area (Å²) < 4.78 is 37.7. The molecule has 0 aromatic heterocycles. The van der Waals surface area contributed by atoms with E-state index >= 15 is 0 Å². The number of hydrogen-bond donors (Lipinski definition) is 1. The number of sulfonamides is 1. The molecule has 2 aromatic carbocycles. The number of ether oxygens (including phenoxy) is 2. The van der Waals surface area contributed by atoms with Crippen molar-refractivity contribution in [2.75, 3.05) is 33.9 Å². The standard InChI is InChI=1S/C22H28N2O5S/c1-5-13-29-19-9-7-18(8-10-19)16-24(3)22(25)21-15-20(11-6-17(21)2)30(26,27)23-12-14-28-4/h5-11,15,23H,1,12-14,16H2,2-4H3. The van der Waals surface area contributed by atoms with Gasteiger partial charge in [-0.1, -0.05) is 30.9 Å². The Hall–Kier alpha value is -2.68. The second-order valence-electron chi connectivity index (χ2n) is 6.77. The van der Waals surface area contributed by atoms with Crippen molar-refractivity contribution in [2.45, 2.75) is 18.4 Å². The van der Waals surface area contributed by atoms with Crippen LogP contribution in [-0.4, -0.2) is 53.1 Å². The molecule has 7 nitrogen and oxygen atoms in total. The van der Waals surface area contributed by atoms with Gasteiger partial charge in [0.1, 0.15) is 12.4 Å². The molecule has 8 heteroatoms. The fourth-order valence-corrected chi connectivity index (χ4v) is 3.80. The lowest BCUT2D eigenvalue weighted by Crippen LogP contribution is -2.29. The third kappa shape index (κ3) is 6.41. The van der Waals surface area contributed by atoms with Gasteiger partial charge in [0.05, 0.1) is 11.5 Å². The van der Waals surface area contributed by atoms with E-state index in [1.807, 2.05) is 24.3 Å². The van der Waals surface area contributed by atoms with Gasteiger partial charge in [-0.2, -0.15) is 0 Å². The van der Waals surface area contributed by atoms with Crippen molar-refractivity contribution >= 4 is 15.9 Å². The number of nitrogens with zero attached hydrogens (tertiary/aromatic N) is 1. The van der Waals surface area contributed by atoms with E-state index in [-0.39, 0.29) is 24.0 Å². The molecule has 0 bridgehead atoms. The minimum absolute atomic E-state index is 0.0460. The number of methoxy groups -OCH3 is 1. The summed E-state index contributed by atoms with van der Waals surface area (Å²) in [5.41, 5.74) is 1.98. The molecule has 30 heavy (non-hydrogen) atoms. The highest BCUT2D eigenvalue weighted by atomic mass is 32.2. The lowest BCUT2D eigenvalue weighted by Gasteiger charge is -2.19. The Kier molecular flexibility index (Phi) is 8.58. The van der Waals surface area contributed by atoms with Crippen LogP contribution in [0, 0.1) is 6.92 Å². The quantitative estimate of drug-likeness (QED) is 0.436. The zero-order valence-electron chi connectivity index (χ0n) is 17.6. The smallest absolute Gasteiger partial charge is 0.254 e. The summed E-state index contributed by atoms with van der Waals surface area (Å²) in [6.07, 6.45) is 1.67. The van der Waals surface area contributed by atoms with Gasteiger partial charge in [0.2, 0.25) is 10.0 Å². The Morgan fingerprint density at radius 1 is 1.20 bits per heavy atom. The number of aryl methyl sites for hydroxylation is 1. The van der Waals surface area contributed by atoms with E-state index < -0.39 is 10.0 Å². The molecule has 0 aliphatic rings. The van der Waals surface area contributed by atoms with Crippen molar-refractivity contribution in [2.24, 2.45) is 0 Å². The van der Waals surface area contributed by atoms with Crippen LogP contribution in [0.2, 0.25) is 0 Å². The fraction of sp³-hybridized carbons (Fsp3) is 0.318. The first-order valence-electron chi connectivity index (χ1n) is 9.46. The third-order valence-corrected chi connectivity index (χ3v) is 5.86. The van der Waals surface area contributed by atoms with Gasteiger partial charge in [-0.15, -0.1) is 0 Å². The molecule has 0 spiro atoms. The summed E-state index contributed by atoms with van der Waals surface area (Å²) in [4.78, 5) is 14.6. The molecule has 0 heterocycles. The monoisotopic (exact) mass is 432 g/mol. The second-order valence-corrected chi connectivity index (χ2v) is 8.54. The van der Waals surface area contributed by atoms with Gasteiger partial charge in [0, 0.05) is 32.8 Å². The van der Waals surface area contributed by atoms with E-state index in [9.17, 15) is 13.2 Å². The molecule has 2 rings (SSSR count). The molecule has 2 aromatic rings. The predicted molar refractivity (Wildman–Crippen MR) is 116 cm³/mol.